The van der Waals surface area contributed by atoms with E-state index < -0.39 is 43.9 Å². The maximum atomic E-state index is 12.1. The van der Waals surface area contributed by atoms with Crippen LogP contribution in [0.2, 0.25) is 0 Å². The summed E-state index contributed by atoms with van der Waals surface area (Å²) < 4.78 is 1.25. The Hall–Kier alpha value is -4.35. The normalized spacial score (nSPS) is 10.1. The summed E-state index contributed by atoms with van der Waals surface area (Å²) >= 11 is 0. The van der Waals surface area contributed by atoms with Crippen molar-refractivity contribution < 1.29 is 19.9 Å². The van der Waals surface area contributed by atoms with Crippen molar-refractivity contribution >= 4 is 11.4 Å². The van der Waals surface area contributed by atoms with E-state index in [2.05, 4.69) is 4.98 Å². The second-order valence-corrected chi connectivity index (χ2v) is 6.15. The van der Waals surface area contributed by atoms with Gasteiger partial charge in [0.15, 0.2) is 11.9 Å². The number of benzene rings is 1. The largest absolute Gasteiger partial charge is 0.859 e. The third-order valence-electron chi connectivity index (χ3n) is 4.13. The lowest BCUT2D eigenvalue weighted by atomic mass is 10.1. The van der Waals surface area contributed by atoms with Crippen LogP contribution in [0.3, 0.4) is 0 Å². The summed E-state index contributed by atoms with van der Waals surface area (Å²) in [5, 5.41) is 34.0. The fourth-order valence-corrected chi connectivity index (χ4v) is 2.54. The van der Waals surface area contributed by atoms with Crippen LogP contribution in [0.4, 0.5) is 11.4 Å². The van der Waals surface area contributed by atoms with Crippen molar-refractivity contribution in [1.82, 2.24) is 9.13 Å². The Bertz CT molecular complexity index is 1230. The first-order valence-corrected chi connectivity index (χ1v) is 8.39. The number of aromatic nitrogens is 3. The minimum atomic E-state index is -1.02. The number of nitro groups is 2. The highest BCUT2D eigenvalue weighted by Crippen LogP contribution is 2.33. The van der Waals surface area contributed by atoms with E-state index in [9.17, 15) is 34.9 Å². The van der Waals surface area contributed by atoms with Crippen LogP contribution in [-0.2, 0) is 14.1 Å². The lowest BCUT2D eigenvalue weighted by Gasteiger charge is -2.18. The van der Waals surface area contributed by atoms with Crippen LogP contribution >= 0.6 is 0 Å². The van der Waals surface area contributed by atoms with Gasteiger partial charge in [-0.1, -0.05) is 6.07 Å². The Morgan fingerprint density at radius 3 is 2.10 bits per heavy atom. The molecule has 12 heteroatoms. The van der Waals surface area contributed by atoms with E-state index in [-0.39, 0.29) is 5.56 Å². The number of non-ortho nitro benzene ring substituents is 1. The fraction of sp³-hybridized carbons (Fsp3) is 0.167. The second kappa shape index (κ2) is 8.77. The third-order valence-corrected chi connectivity index (χ3v) is 4.13. The number of nitro benzene ring substituents is 2. The van der Waals surface area contributed by atoms with Gasteiger partial charge in [-0.2, -0.15) is 0 Å². The summed E-state index contributed by atoms with van der Waals surface area (Å²) in [7, 11) is 2.23. The molecular formula is C18H17N5O7. The molecule has 1 aromatic carbocycles. The highest BCUT2D eigenvalue weighted by atomic mass is 16.6. The molecule has 2 heterocycles. The lowest BCUT2D eigenvalue weighted by molar-refractivity contribution is -0.393. The van der Waals surface area contributed by atoms with E-state index in [4.69, 9.17) is 0 Å². The second-order valence-electron chi connectivity index (χ2n) is 6.15. The summed E-state index contributed by atoms with van der Waals surface area (Å²) in [5.74, 6) is -1.02. The van der Waals surface area contributed by atoms with Gasteiger partial charge in [0.25, 0.3) is 16.9 Å². The Kier molecular flexibility index (Phi) is 6.42. The summed E-state index contributed by atoms with van der Waals surface area (Å²) in [6.45, 7) is 2.03. The van der Waals surface area contributed by atoms with E-state index in [1.165, 1.54) is 5.69 Å². The predicted octanol–water partition coefficient (Wildman–Crippen LogP) is 0.450. The van der Waals surface area contributed by atoms with Crippen LogP contribution in [0.1, 0.15) is 5.69 Å². The Labute approximate surface area is 168 Å². The zero-order chi connectivity index (χ0) is 22.6. The zero-order valence-corrected chi connectivity index (χ0v) is 16.2. The molecule has 12 nitrogen and oxygen atoms in total. The summed E-state index contributed by atoms with van der Waals surface area (Å²) in [6, 6.07) is 8.53. The van der Waals surface area contributed by atoms with E-state index in [0.29, 0.717) is 15.2 Å². The van der Waals surface area contributed by atoms with Gasteiger partial charge < -0.3 is 9.67 Å². The number of H-pyrrole nitrogens is 1. The Morgan fingerprint density at radius 1 is 0.967 bits per heavy atom. The number of pyridine rings is 1. The Balaban J connectivity index is 0.000000386. The van der Waals surface area contributed by atoms with Gasteiger partial charge in [0.1, 0.15) is 0 Å². The van der Waals surface area contributed by atoms with Gasteiger partial charge in [0.2, 0.25) is 0 Å². The quantitative estimate of drug-likeness (QED) is 0.442. The van der Waals surface area contributed by atoms with Gasteiger partial charge in [-0.15, -0.1) is 0 Å². The standard InChI is InChI=1S/C12H10N4O7.C6H7N/c1-13-10(17)9(11(18)14(2)12(13)19)7-4-3-6(15(20)21)5-8(7)16(22)23;1-6-4-2-3-5-7-6/h3-5,17H,1-2H3;2-5H,1H3. The summed E-state index contributed by atoms with van der Waals surface area (Å²) in [4.78, 5) is 46.9. The first-order valence-electron chi connectivity index (χ1n) is 8.39. The molecule has 3 aromatic rings. The minimum Gasteiger partial charge on any atom is -0.859 e. The van der Waals surface area contributed by atoms with Crippen LogP contribution in [0.25, 0.3) is 11.1 Å². The molecule has 156 valence electrons. The number of nitrogens with zero attached hydrogens (tertiary/aromatic N) is 4. The van der Waals surface area contributed by atoms with Gasteiger partial charge in [0.05, 0.1) is 27.0 Å². The molecule has 0 saturated carbocycles. The average Bonchev–Trinajstić information content (AvgIpc) is 2.72. The van der Waals surface area contributed by atoms with Gasteiger partial charge in [-0.3, -0.25) is 29.6 Å². The number of hydrogen-bond donors (Lipinski definition) is 0. The number of hydrogen-bond acceptors (Lipinski definition) is 7. The van der Waals surface area contributed by atoms with Crippen LogP contribution in [0, 0.1) is 27.2 Å². The molecule has 0 aliphatic carbocycles. The highest BCUT2D eigenvalue weighted by Gasteiger charge is 2.24. The number of nitrogens with one attached hydrogen (secondary N) is 1. The van der Waals surface area contributed by atoms with Crippen LogP contribution in [0.15, 0.2) is 52.2 Å². The van der Waals surface area contributed by atoms with E-state index in [1.54, 1.807) is 0 Å². The monoisotopic (exact) mass is 415 g/mol. The van der Waals surface area contributed by atoms with Crippen LogP contribution in [0.5, 0.6) is 5.88 Å². The number of aromatic amines is 1. The molecule has 0 aliphatic rings. The van der Waals surface area contributed by atoms with E-state index >= 15 is 0 Å². The topological polar surface area (TPSA) is 167 Å². The third kappa shape index (κ3) is 4.38. The van der Waals surface area contributed by atoms with Gasteiger partial charge in [-0.05, 0) is 11.9 Å². The molecule has 0 amide bonds. The van der Waals surface area contributed by atoms with Gasteiger partial charge in [0, 0.05) is 39.2 Å². The first-order chi connectivity index (χ1) is 14.1. The molecule has 2 aromatic heterocycles. The number of aryl methyl sites for hydroxylation is 1. The zero-order valence-electron chi connectivity index (χ0n) is 16.2. The summed E-state index contributed by atoms with van der Waals surface area (Å²) in [6.07, 6.45) is 1.91. The van der Waals surface area contributed by atoms with Crippen molar-refractivity contribution in [2.45, 2.75) is 6.92 Å². The summed E-state index contributed by atoms with van der Waals surface area (Å²) in [5.41, 5.74) is -3.02. The molecule has 30 heavy (non-hydrogen) atoms. The van der Waals surface area contributed by atoms with Gasteiger partial charge in [-0.25, -0.2) is 9.78 Å². The lowest BCUT2D eigenvalue weighted by Crippen LogP contribution is -2.39. The average molecular weight is 415 g/mol. The molecular weight excluding hydrogens is 398 g/mol. The molecule has 0 atom stereocenters. The smallest absolute Gasteiger partial charge is 0.329 e. The molecule has 0 fully saturated rings. The van der Waals surface area contributed by atoms with Gasteiger partial charge >= 0.3 is 5.69 Å². The molecule has 0 aliphatic heterocycles. The molecule has 3 rings (SSSR count). The molecule has 1 N–H and O–H groups in total. The molecule has 0 bridgehead atoms. The van der Waals surface area contributed by atoms with Crippen molar-refractivity contribution in [2.75, 3.05) is 0 Å². The SMILES string of the molecule is Cc1cccc[nH+]1.Cn1c([O-])c(-c2ccc([N+](=O)[O-])cc2[N+](=O)[O-])c(=O)n(C)c1=O. The van der Waals surface area contributed by atoms with E-state index in [0.717, 1.165) is 26.2 Å². The van der Waals surface area contributed by atoms with Crippen molar-refractivity contribution in [3.05, 3.63) is 89.4 Å². The van der Waals surface area contributed by atoms with Crippen molar-refractivity contribution in [2.24, 2.45) is 14.1 Å². The van der Waals surface area contributed by atoms with Crippen LogP contribution in [-0.4, -0.2) is 19.0 Å². The highest BCUT2D eigenvalue weighted by molar-refractivity contribution is 5.77. The minimum absolute atomic E-state index is 0.387. The van der Waals surface area contributed by atoms with Crippen molar-refractivity contribution in [3.8, 4) is 17.0 Å². The maximum absolute atomic E-state index is 12.1. The molecule has 0 spiro atoms. The first kappa shape index (κ1) is 21.9. The predicted molar refractivity (Wildman–Crippen MR) is 103 cm³/mol. The number of rotatable bonds is 3. The maximum Gasteiger partial charge on any atom is 0.329 e. The molecule has 0 saturated heterocycles. The van der Waals surface area contributed by atoms with Crippen LogP contribution < -0.4 is 21.3 Å². The Morgan fingerprint density at radius 2 is 1.63 bits per heavy atom. The van der Waals surface area contributed by atoms with E-state index in [1.807, 2.05) is 31.3 Å². The molecule has 0 unspecified atom stereocenters. The molecule has 0 radical (unpaired) electrons. The van der Waals surface area contributed by atoms with Crippen molar-refractivity contribution in [1.29, 1.82) is 0 Å². The fourth-order valence-electron chi connectivity index (χ4n) is 2.54. The van der Waals surface area contributed by atoms with Crippen molar-refractivity contribution in [3.63, 3.8) is 0 Å².